The second kappa shape index (κ2) is 21.9. The number of carbonyl (C=O) groups is 2. The van der Waals surface area contributed by atoms with Gasteiger partial charge in [-0.2, -0.15) is 0 Å². The van der Waals surface area contributed by atoms with Crippen molar-refractivity contribution in [1.29, 1.82) is 0 Å². The summed E-state index contributed by atoms with van der Waals surface area (Å²) >= 11 is 0. The van der Waals surface area contributed by atoms with Crippen molar-refractivity contribution in [3.8, 4) is 0 Å². The first-order chi connectivity index (χ1) is 9.66. The van der Waals surface area contributed by atoms with Crippen LogP contribution in [-0.4, -0.2) is 82.8 Å². The van der Waals surface area contributed by atoms with Crippen LogP contribution in [0.2, 0.25) is 0 Å². The maximum atomic E-state index is 11.1. The predicted octanol–water partition coefficient (Wildman–Crippen LogP) is 3.55. The van der Waals surface area contributed by atoms with E-state index in [0.717, 1.165) is 12.8 Å². The Bertz CT molecular complexity index is 261. The number of hydrogen-bond acceptors (Lipinski definition) is 3. The zero-order valence-corrected chi connectivity index (χ0v) is 18.9. The number of carboxylic acids is 1. The average Bonchev–Trinajstić information content (AvgIpc) is 2.42. The van der Waals surface area contributed by atoms with E-state index in [1.807, 2.05) is 0 Å². The Labute approximate surface area is 179 Å². The first kappa shape index (κ1) is 27.8. The summed E-state index contributed by atoms with van der Waals surface area (Å²) < 4.78 is 4.96. The number of unbranched alkanes of at least 4 members (excludes halogenated alkanes) is 9. The second-order valence-corrected chi connectivity index (χ2v) is 5.30. The van der Waals surface area contributed by atoms with Crippen molar-refractivity contribution in [3.63, 3.8) is 0 Å². The van der Waals surface area contributed by atoms with Crippen LogP contribution < -0.4 is 0 Å². The van der Waals surface area contributed by atoms with Crippen LogP contribution in [0.4, 0.5) is 0 Å². The Hall–Kier alpha value is 0.940. The van der Waals surface area contributed by atoms with E-state index in [4.69, 9.17) is 9.84 Å². The molecule has 0 bridgehead atoms. The third-order valence-corrected chi connectivity index (χ3v) is 3.30. The fraction of sp³-hybridized carbons (Fsp3) is 0.875. The first-order valence-electron chi connectivity index (χ1n) is 8.04. The number of aliphatic carboxylic acids is 1. The zero-order valence-electron chi connectivity index (χ0n) is 14.9. The fourth-order valence-electron chi connectivity index (χ4n) is 2.06. The molecule has 6 heteroatoms. The van der Waals surface area contributed by atoms with E-state index in [2.05, 4.69) is 6.92 Å². The molecule has 0 heterocycles. The summed E-state index contributed by atoms with van der Waals surface area (Å²) in [7, 11) is 0. The molecule has 0 aliphatic heterocycles. The number of rotatable bonds is 14. The molecule has 0 aromatic rings. The van der Waals surface area contributed by atoms with Crippen LogP contribution in [0, 0.1) is 0 Å². The van der Waals surface area contributed by atoms with Crippen LogP contribution in [0.25, 0.3) is 0 Å². The Balaban J connectivity index is -0.00000180. The number of esters is 1. The quantitative estimate of drug-likeness (QED) is 0.300. The zero-order chi connectivity index (χ0) is 15.1. The third-order valence-electron chi connectivity index (χ3n) is 3.30. The van der Waals surface area contributed by atoms with Crippen LogP contribution in [-0.2, 0) is 14.3 Å². The summed E-state index contributed by atoms with van der Waals surface area (Å²) in [6.45, 7) is 2.66. The van der Waals surface area contributed by atoms with Gasteiger partial charge < -0.3 is 9.84 Å². The molecule has 120 valence electrons. The average molecular weight is 332 g/mol. The number of ether oxygens (including phenoxy) is 1. The maximum Gasteiger partial charge on any atom is 0.306 e. The largest absolute Gasteiger partial charge is 0.481 e. The molecule has 0 atom stereocenters. The van der Waals surface area contributed by atoms with Crippen LogP contribution in [0.3, 0.4) is 0 Å². The Kier molecular flexibility index (Phi) is 27.7. The molecular formula is C16H30Na2O4. The molecule has 0 unspecified atom stereocenters. The van der Waals surface area contributed by atoms with Gasteiger partial charge in [0, 0.05) is 59.1 Å². The van der Waals surface area contributed by atoms with Gasteiger partial charge in [0.15, 0.2) is 0 Å². The summed E-state index contributed by atoms with van der Waals surface area (Å²) in [5, 5.41) is 8.41. The number of carboxylic acid groups (broad SMARTS) is 1. The molecule has 0 aromatic carbocycles. The molecule has 0 fully saturated rings. The summed E-state index contributed by atoms with van der Waals surface area (Å²) in [4.78, 5) is 21.4. The Morgan fingerprint density at radius 1 is 0.773 bits per heavy atom. The molecule has 22 heavy (non-hydrogen) atoms. The minimum atomic E-state index is -0.958. The van der Waals surface area contributed by atoms with Gasteiger partial charge in [-0.25, -0.2) is 0 Å². The maximum absolute atomic E-state index is 11.1. The SMILES string of the molecule is CCCCCCCCCCCCOC(=O)CCC(=O)O.[Na].[Na]. The molecule has 4 nitrogen and oxygen atoms in total. The molecule has 0 saturated carbocycles. The molecule has 0 saturated heterocycles. The standard InChI is InChI=1S/C16H30O4.2Na/c1-2-3-4-5-6-7-8-9-10-11-14-20-16(19)13-12-15(17)18;;/h2-14H2,1H3,(H,17,18);;. The molecule has 1 N–H and O–H groups in total. The topological polar surface area (TPSA) is 63.6 Å². The van der Waals surface area contributed by atoms with Gasteiger partial charge in [0.05, 0.1) is 19.4 Å². The van der Waals surface area contributed by atoms with E-state index in [-0.39, 0.29) is 72.0 Å². The van der Waals surface area contributed by atoms with E-state index in [1.54, 1.807) is 0 Å². The van der Waals surface area contributed by atoms with Crippen molar-refractivity contribution in [2.75, 3.05) is 6.61 Å². The molecule has 0 aromatic heterocycles. The number of carbonyl (C=O) groups excluding carboxylic acids is 1. The van der Waals surface area contributed by atoms with Crippen LogP contribution in [0.5, 0.6) is 0 Å². The summed E-state index contributed by atoms with van der Waals surface area (Å²) in [5.74, 6) is -1.36. The number of hydrogen-bond donors (Lipinski definition) is 1. The van der Waals surface area contributed by atoms with Crippen molar-refractivity contribution in [3.05, 3.63) is 0 Å². The Morgan fingerprint density at radius 3 is 1.68 bits per heavy atom. The van der Waals surface area contributed by atoms with Crippen molar-refractivity contribution in [2.24, 2.45) is 0 Å². The van der Waals surface area contributed by atoms with Gasteiger partial charge in [-0.3, -0.25) is 9.59 Å². The molecule has 0 spiro atoms. The molecule has 2 radical (unpaired) electrons. The van der Waals surface area contributed by atoms with Crippen molar-refractivity contribution in [2.45, 2.75) is 84.0 Å². The third kappa shape index (κ3) is 23.2. The summed E-state index contributed by atoms with van der Waals surface area (Å²) in [6, 6.07) is 0. The molecule has 0 rings (SSSR count). The first-order valence-corrected chi connectivity index (χ1v) is 8.04. The minimum Gasteiger partial charge on any atom is -0.481 e. The molecule has 0 amide bonds. The molecular weight excluding hydrogens is 302 g/mol. The fourth-order valence-corrected chi connectivity index (χ4v) is 2.06. The molecule has 0 aliphatic rings. The van der Waals surface area contributed by atoms with Crippen molar-refractivity contribution >= 4 is 71.1 Å². The van der Waals surface area contributed by atoms with Gasteiger partial charge in [-0.15, -0.1) is 0 Å². The monoisotopic (exact) mass is 332 g/mol. The van der Waals surface area contributed by atoms with E-state index in [1.165, 1.54) is 51.4 Å². The van der Waals surface area contributed by atoms with Crippen LogP contribution >= 0.6 is 0 Å². The van der Waals surface area contributed by atoms with Gasteiger partial charge in [0.25, 0.3) is 0 Å². The van der Waals surface area contributed by atoms with Gasteiger partial charge in [-0.05, 0) is 6.42 Å². The Morgan fingerprint density at radius 2 is 1.23 bits per heavy atom. The van der Waals surface area contributed by atoms with Gasteiger partial charge >= 0.3 is 11.9 Å². The van der Waals surface area contributed by atoms with Crippen LogP contribution in [0.1, 0.15) is 84.0 Å². The molecule has 0 aliphatic carbocycles. The minimum absolute atomic E-state index is 0. The van der Waals surface area contributed by atoms with E-state index < -0.39 is 11.9 Å². The predicted molar refractivity (Wildman–Crippen MR) is 91.2 cm³/mol. The van der Waals surface area contributed by atoms with Crippen molar-refractivity contribution in [1.82, 2.24) is 0 Å². The van der Waals surface area contributed by atoms with E-state index in [9.17, 15) is 9.59 Å². The van der Waals surface area contributed by atoms with Gasteiger partial charge in [0.1, 0.15) is 0 Å². The summed E-state index contributed by atoms with van der Waals surface area (Å²) in [6.07, 6.45) is 12.3. The second-order valence-electron chi connectivity index (χ2n) is 5.30. The van der Waals surface area contributed by atoms with E-state index in [0.29, 0.717) is 6.61 Å². The van der Waals surface area contributed by atoms with Gasteiger partial charge in [-0.1, -0.05) is 64.7 Å². The van der Waals surface area contributed by atoms with Gasteiger partial charge in [0.2, 0.25) is 0 Å². The van der Waals surface area contributed by atoms with Crippen LogP contribution in [0.15, 0.2) is 0 Å². The normalized spacial score (nSPS) is 9.50. The smallest absolute Gasteiger partial charge is 0.306 e. The van der Waals surface area contributed by atoms with E-state index >= 15 is 0 Å². The van der Waals surface area contributed by atoms with Crippen molar-refractivity contribution < 1.29 is 19.4 Å². The summed E-state index contributed by atoms with van der Waals surface area (Å²) in [5.41, 5.74) is 0.